The van der Waals surface area contributed by atoms with Crippen molar-refractivity contribution < 1.29 is 9.59 Å². The Morgan fingerprint density at radius 1 is 1.00 bits per heavy atom. The third kappa shape index (κ3) is 5.92. The summed E-state index contributed by atoms with van der Waals surface area (Å²) in [6.07, 6.45) is 1.21. The van der Waals surface area contributed by atoms with Gasteiger partial charge in [-0.1, -0.05) is 24.3 Å². The standard InChI is InChI=1S/C21H27N3O2/c1-15-5-6-16(2)19(13-15)23-20(25)14-22-18-10-7-17(8-11-18)9-12-21(26)24(3)4/h5-8,10-11,13,22H,9,12,14H2,1-4H3,(H,23,25). The first kappa shape index (κ1) is 19.5. The zero-order valence-corrected chi connectivity index (χ0v) is 15.9. The lowest BCUT2D eigenvalue weighted by atomic mass is 10.1. The van der Waals surface area contributed by atoms with E-state index in [0.717, 1.165) is 28.1 Å². The van der Waals surface area contributed by atoms with Gasteiger partial charge in [0.1, 0.15) is 0 Å². The summed E-state index contributed by atoms with van der Waals surface area (Å²) in [4.78, 5) is 25.4. The first-order valence-corrected chi connectivity index (χ1v) is 8.75. The molecule has 5 heteroatoms. The molecule has 0 aliphatic heterocycles. The van der Waals surface area contributed by atoms with Crippen molar-refractivity contribution in [1.82, 2.24) is 4.90 Å². The summed E-state index contributed by atoms with van der Waals surface area (Å²) in [6, 6.07) is 13.8. The SMILES string of the molecule is Cc1ccc(C)c(NC(=O)CNc2ccc(CCC(=O)N(C)C)cc2)c1. The molecule has 0 aliphatic carbocycles. The van der Waals surface area contributed by atoms with Gasteiger partial charge in [-0.25, -0.2) is 0 Å². The molecule has 2 amide bonds. The van der Waals surface area contributed by atoms with E-state index in [1.807, 2.05) is 56.3 Å². The molecule has 0 saturated carbocycles. The van der Waals surface area contributed by atoms with E-state index >= 15 is 0 Å². The molecule has 5 nitrogen and oxygen atoms in total. The van der Waals surface area contributed by atoms with Crippen molar-refractivity contribution in [3.8, 4) is 0 Å². The first-order chi connectivity index (χ1) is 12.3. The molecule has 26 heavy (non-hydrogen) atoms. The van der Waals surface area contributed by atoms with Crippen LogP contribution < -0.4 is 10.6 Å². The van der Waals surface area contributed by atoms with Crippen molar-refractivity contribution >= 4 is 23.2 Å². The normalized spacial score (nSPS) is 10.3. The Morgan fingerprint density at radius 2 is 1.69 bits per heavy atom. The van der Waals surface area contributed by atoms with Crippen LogP contribution in [0, 0.1) is 13.8 Å². The van der Waals surface area contributed by atoms with Crippen molar-refractivity contribution in [2.24, 2.45) is 0 Å². The van der Waals surface area contributed by atoms with E-state index in [1.165, 1.54) is 0 Å². The lowest BCUT2D eigenvalue weighted by Gasteiger charge is -2.12. The second-order valence-corrected chi connectivity index (χ2v) is 6.71. The summed E-state index contributed by atoms with van der Waals surface area (Å²) in [7, 11) is 3.53. The number of carbonyl (C=O) groups excluding carboxylic acids is 2. The smallest absolute Gasteiger partial charge is 0.243 e. The number of carbonyl (C=O) groups is 2. The average molecular weight is 353 g/mol. The molecule has 0 aromatic heterocycles. The van der Waals surface area contributed by atoms with E-state index in [0.29, 0.717) is 12.8 Å². The average Bonchev–Trinajstić information content (AvgIpc) is 2.61. The topological polar surface area (TPSA) is 61.4 Å². The second kappa shape index (κ2) is 9.04. The van der Waals surface area contributed by atoms with Crippen LogP contribution in [-0.2, 0) is 16.0 Å². The van der Waals surface area contributed by atoms with Crippen molar-refractivity contribution in [2.75, 3.05) is 31.3 Å². The molecule has 2 N–H and O–H groups in total. The molecule has 0 saturated heterocycles. The zero-order valence-electron chi connectivity index (χ0n) is 15.9. The predicted octanol–water partition coefficient (Wildman–Crippen LogP) is 3.37. The molecular weight excluding hydrogens is 326 g/mol. The maximum absolute atomic E-state index is 12.1. The lowest BCUT2D eigenvalue weighted by molar-refractivity contribution is -0.128. The third-order valence-corrected chi connectivity index (χ3v) is 4.20. The summed E-state index contributed by atoms with van der Waals surface area (Å²) < 4.78 is 0. The summed E-state index contributed by atoms with van der Waals surface area (Å²) in [6.45, 7) is 4.18. The van der Waals surface area contributed by atoms with Crippen molar-refractivity contribution in [1.29, 1.82) is 0 Å². The quantitative estimate of drug-likeness (QED) is 0.802. The molecule has 0 atom stereocenters. The minimum Gasteiger partial charge on any atom is -0.376 e. The van der Waals surface area contributed by atoms with Gasteiger partial charge in [-0.05, 0) is 55.2 Å². The van der Waals surface area contributed by atoms with Crippen LogP contribution in [-0.4, -0.2) is 37.4 Å². The fraction of sp³-hybridized carbons (Fsp3) is 0.333. The van der Waals surface area contributed by atoms with E-state index in [1.54, 1.807) is 19.0 Å². The molecule has 0 radical (unpaired) electrons. The number of benzene rings is 2. The van der Waals surface area contributed by atoms with Crippen molar-refractivity contribution in [2.45, 2.75) is 26.7 Å². The monoisotopic (exact) mass is 353 g/mol. The molecule has 0 spiro atoms. The number of nitrogens with zero attached hydrogens (tertiary/aromatic N) is 1. The Morgan fingerprint density at radius 3 is 2.35 bits per heavy atom. The number of aryl methyl sites for hydroxylation is 3. The fourth-order valence-electron chi connectivity index (χ4n) is 2.51. The van der Waals surface area contributed by atoms with Crippen LogP contribution in [0.2, 0.25) is 0 Å². The summed E-state index contributed by atoms with van der Waals surface area (Å²) >= 11 is 0. The third-order valence-electron chi connectivity index (χ3n) is 4.20. The summed E-state index contributed by atoms with van der Waals surface area (Å²) in [5.41, 5.74) is 4.98. The van der Waals surface area contributed by atoms with Crippen LogP contribution >= 0.6 is 0 Å². The Labute approximate surface area is 155 Å². The van der Waals surface area contributed by atoms with Crippen LogP contribution in [0.5, 0.6) is 0 Å². The van der Waals surface area contributed by atoms with Crippen LogP contribution in [0.15, 0.2) is 42.5 Å². The molecule has 2 aromatic carbocycles. The van der Waals surface area contributed by atoms with E-state index < -0.39 is 0 Å². The number of hydrogen-bond acceptors (Lipinski definition) is 3. The molecule has 0 aliphatic rings. The van der Waals surface area contributed by atoms with Gasteiger partial charge in [0.15, 0.2) is 0 Å². The second-order valence-electron chi connectivity index (χ2n) is 6.71. The number of nitrogens with one attached hydrogen (secondary N) is 2. The van der Waals surface area contributed by atoms with E-state index in [2.05, 4.69) is 10.6 Å². The van der Waals surface area contributed by atoms with Gasteiger partial charge >= 0.3 is 0 Å². The minimum atomic E-state index is -0.0839. The van der Waals surface area contributed by atoms with Crippen LogP contribution in [0.1, 0.15) is 23.1 Å². The maximum atomic E-state index is 12.1. The molecule has 0 heterocycles. The molecular formula is C21H27N3O2. The molecule has 138 valence electrons. The largest absolute Gasteiger partial charge is 0.376 e. The highest BCUT2D eigenvalue weighted by Gasteiger charge is 2.06. The summed E-state index contributed by atoms with van der Waals surface area (Å²) in [5, 5.41) is 6.05. The van der Waals surface area contributed by atoms with Crippen LogP contribution in [0.3, 0.4) is 0 Å². The Kier molecular flexibility index (Phi) is 6.78. The number of rotatable bonds is 7. The van der Waals surface area contributed by atoms with Gasteiger partial charge < -0.3 is 15.5 Å². The van der Waals surface area contributed by atoms with Crippen molar-refractivity contribution in [3.63, 3.8) is 0 Å². The number of hydrogen-bond donors (Lipinski definition) is 2. The highest BCUT2D eigenvalue weighted by molar-refractivity contribution is 5.94. The van der Waals surface area contributed by atoms with Gasteiger partial charge in [-0.2, -0.15) is 0 Å². The lowest BCUT2D eigenvalue weighted by Crippen LogP contribution is -2.22. The van der Waals surface area contributed by atoms with E-state index in [9.17, 15) is 9.59 Å². The molecule has 0 bridgehead atoms. The zero-order chi connectivity index (χ0) is 19.1. The van der Waals surface area contributed by atoms with Gasteiger partial charge in [0, 0.05) is 31.9 Å². The summed E-state index contributed by atoms with van der Waals surface area (Å²) in [5.74, 6) is 0.0367. The van der Waals surface area contributed by atoms with E-state index in [4.69, 9.17) is 0 Å². The van der Waals surface area contributed by atoms with Gasteiger partial charge in [0.2, 0.25) is 11.8 Å². The van der Waals surface area contributed by atoms with Crippen LogP contribution in [0.4, 0.5) is 11.4 Å². The van der Waals surface area contributed by atoms with Gasteiger partial charge in [-0.15, -0.1) is 0 Å². The highest BCUT2D eigenvalue weighted by Crippen LogP contribution is 2.16. The predicted molar refractivity (Wildman–Crippen MR) is 106 cm³/mol. The van der Waals surface area contributed by atoms with Gasteiger partial charge in [-0.3, -0.25) is 9.59 Å². The van der Waals surface area contributed by atoms with Gasteiger partial charge in [0.25, 0.3) is 0 Å². The molecule has 0 fully saturated rings. The maximum Gasteiger partial charge on any atom is 0.243 e. The fourth-order valence-corrected chi connectivity index (χ4v) is 2.51. The van der Waals surface area contributed by atoms with Crippen LogP contribution in [0.25, 0.3) is 0 Å². The Hall–Kier alpha value is -2.82. The minimum absolute atomic E-state index is 0.0839. The number of amides is 2. The molecule has 2 aromatic rings. The number of anilines is 2. The van der Waals surface area contributed by atoms with Gasteiger partial charge in [0.05, 0.1) is 6.54 Å². The molecule has 0 unspecified atom stereocenters. The Balaban J connectivity index is 1.82. The molecule has 2 rings (SSSR count). The first-order valence-electron chi connectivity index (χ1n) is 8.75. The van der Waals surface area contributed by atoms with E-state index in [-0.39, 0.29) is 18.4 Å². The Bertz CT molecular complexity index is 767. The van der Waals surface area contributed by atoms with Crippen molar-refractivity contribution in [3.05, 3.63) is 59.2 Å². The highest BCUT2D eigenvalue weighted by atomic mass is 16.2.